The van der Waals surface area contributed by atoms with Gasteiger partial charge in [-0.1, -0.05) is 18.2 Å². The van der Waals surface area contributed by atoms with Crippen LogP contribution in [0.25, 0.3) is 0 Å². The SMILES string of the molecule is CC(C(=O)NC(=O)NC1CC1)N1CCN(CC(=O)Nc2ccccc2)CC1. The molecule has 146 valence electrons. The number of piperazine rings is 1. The van der Waals surface area contributed by atoms with Gasteiger partial charge in [-0.05, 0) is 31.9 Å². The van der Waals surface area contributed by atoms with Crippen LogP contribution < -0.4 is 16.0 Å². The predicted molar refractivity (Wildman–Crippen MR) is 102 cm³/mol. The quantitative estimate of drug-likeness (QED) is 0.680. The van der Waals surface area contributed by atoms with Crippen LogP contribution in [0.1, 0.15) is 19.8 Å². The Bertz CT molecular complexity index is 669. The van der Waals surface area contributed by atoms with E-state index < -0.39 is 6.03 Å². The minimum atomic E-state index is -0.412. The molecule has 1 saturated heterocycles. The van der Waals surface area contributed by atoms with Gasteiger partial charge < -0.3 is 10.6 Å². The van der Waals surface area contributed by atoms with Crippen LogP contribution in [0.5, 0.6) is 0 Å². The van der Waals surface area contributed by atoms with Crippen molar-refractivity contribution >= 4 is 23.5 Å². The number of benzene rings is 1. The molecular formula is C19H27N5O3. The molecule has 3 N–H and O–H groups in total. The van der Waals surface area contributed by atoms with Crippen LogP contribution in [-0.2, 0) is 9.59 Å². The number of nitrogens with zero attached hydrogens (tertiary/aromatic N) is 2. The fraction of sp³-hybridized carbons (Fsp3) is 0.526. The molecule has 1 heterocycles. The van der Waals surface area contributed by atoms with E-state index in [4.69, 9.17) is 0 Å². The normalized spacial score (nSPS) is 19.1. The summed E-state index contributed by atoms with van der Waals surface area (Å²) in [5.41, 5.74) is 0.788. The molecule has 1 aliphatic carbocycles. The number of carbonyl (C=O) groups is 3. The van der Waals surface area contributed by atoms with Crippen molar-refractivity contribution in [2.24, 2.45) is 0 Å². The summed E-state index contributed by atoms with van der Waals surface area (Å²) < 4.78 is 0. The lowest BCUT2D eigenvalue weighted by Crippen LogP contribution is -2.56. The Hall–Kier alpha value is -2.45. The first-order valence-corrected chi connectivity index (χ1v) is 9.44. The molecule has 0 radical (unpaired) electrons. The maximum atomic E-state index is 12.2. The predicted octanol–water partition coefficient (Wildman–Crippen LogP) is 0.619. The molecule has 1 unspecified atom stereocenters. The molecular weight excluding hydrogens is 346 g/mol. The number of urea groups is 1. The fourth-order valence-corrected chi connectivity index (χ4v) is 3.07. The summed E-state index contributed by atoms with van der Waals surface area (Å²) >= 11 is 0. The Morgan fingerprint density at radius 1 is 1.07 bits per heavy atom. The molecule has 4 amide bonds. The third-order valence-electron chi connectivity index (χ3n) is 4.91. The van der Waals surface area contributed by atoms with Gasteiger partial charge in [-0.2, -0.15) is 0 Å². The van der Waals surface area contributed by atoms with Crippen molar-refractivity contribution < 1.29 is 14.4 Å². The molecule has 1 aromatic carbocycles. The van der Waals surface area contributed by atoms with Crippen molar-refractivity contribution in [3.63, 3.8) is 0 Å². The monoisotopic (exact) mass is 373 g/mol. The summed E-state index contributed by atoms with van der Waals surface area (Å²) in [6.45, 7) is 4.89. The number of amides is 4. The lowest BCUT2D eigenvalue weighted by atomic mass is 10.2. The summed E-state index contributed by atoms with van der Waals surface area (Å²) in [4.78, 5) is 40.2. The zero-order valence-corrected chi connectivity index (χ0v) is 15.6. The van der Waals surface area contributed by atoms with Gasteiger partial charge in [0.2, 0.25) is 11.8 Å². The number of nitrogens with one attached hydrogen (secondary N) is 3. The molecule has 8 heteroatoms. The molecule has 27 heavy (non-hydrogen) atoms. The van der Waals surface area contributed by atoms with Crippen molar-refractivity contribution in [3.05, 3.63) is 30.3 Å². The number of hydrogen-bond donors (Lipinski definition) is 3. The molecule has 2 aliphatic rings. The van der Waals surface area contributed by atoms with Gasteiger partial charge in [0.05, 0.1) is 12.6 Å². The fourth-order valence-electron chi connectivity index (χ4n) is 3.07. The first-order chi connectivity index (χ1) is 13.0. The standard InChI is InChI=1S/C19H27N5O3/c1-14(18(26)22-19(27)21-16-7-8-16)24-11-9-23(10-12-24)13-17(25)20-15-5-3-2-4-6-15/h2-6,14,16H,7-13H2,1H3,(H,20,25)(H2,21,22,26,27). The Labute approximate surface area is 159 Å². The minimum Gasteiger partial charge on any atom is -0.335 e. The van der Waals surface area contributed by atoms with E-state index in [9.17, 15) is 14.4 Å². The number of para-hydroxylation sites is 1. The van der Waals surface area contributed by atoms with E-state index in [0.29, 0.717) is 32.7 Å². The van der Waals surface area contributed by atoms with Gasteiger partial charge in [0, 0.05) is 37.9 Å². The Kier molecular flexibility index (Phi) is 6.41. The van der Waals surface area contributed by atoms with Gasteiger partial charge >= 0.3 is 6.03 Å². The van der Waals surface area contributed by atoms with E-state index in [0.717, 1.165) is 18.5 Å². The molecule has 1 aromatic rings. The first-order valence-electron chi connectivity index (χ1n) is 9.44. The summed E-state index contributed by atoms with van der Waals surface area (Å²) in [6, 6.07) is 8.81. The molecule has 1 aliphatic heterocycles. The highest BCUT2D eigenvalue weighted by Gasteiger charge is 2.29. The summed E-state index contributed by atoms with van der Waals surface area (Å²) in [5.74, 6) is -0.333. The molecule has 1 atom stereocenters. The van der Waals surface area contributed by atoms with Gasteiger partial charge in [0.25, 0.3) is 0 Å². The van der Waals surface area contributed by atoms with Gasteiger partial charge in [-0.15, -0.1) is 0 Å². The molecule has 0 spiro atoms. The smallest absolute Gasteiger partial charge is 0.321 e. The summed E-state index contributed by atoms with van der Waals surface area (Å²) in [6.07, 6.45) is 1.97. The molecule has 0 aromatic heterocycles. The lowest BCUT2D eigenvalue weighted by Gasteiger charge is -2.36. The highest BCUT2D eigenvalue weighted by molar-refractivity contribution is 5.97. The van der Waals surface area contributed by atoms with Gasteiger partial charge in [-0.3, -0.25) is 24.7 Å². The largest absolute Gasteiger partial charge is 0.335 e. The third kappa shape index (κ3) is 6.04. The second kappa shape index (κ2) is 8.96. The van der Waals surface area contributed by atoms with Crippen LogP contribution in [0.4, 0.5) is 10.5 Å². The van der Waals surface area contributed by atoms with E-state index in [-0.39, 0.29) is 23.9 Å². The average Bonchev–Trinajstić information content (AvgIpc) is 3.46. The Morgan fingerprint density at radius 2 is 1.74 bits per heavy atom. The highest BCUT2D eigenvalue weighted by atomic mass is 16.2. The Morgan fingerprint density at radius 3 is 2.37 bits per heavy atom. The molecule has 2 fully saturated rings. The van der Waals surface area contributed by atoms with Crippen molar-refractivity contribution in [1.82, 2.24) is 20.4 Å². The maximum absolute atomic E-state index is 12.2. The van der Waals surface area contributed by atoms with E-state index in [1.165, 1.54) is 0 Å². The molecule has 0 bridgehead atoms. The van der Waals surface area contributed by atoms with E-state index in [1.807, 2.05) is 35.2 Å². The topological polar surface area (TPSA) is 93.8 Å². The minimum absolute atomic E-state index is 0.0443. The van der Waals surface area contributed by atoms with Crippen LogP contribution >= 0.6 is 0 Å². The number of hydrogen-bond acceptors (Lipinski definition) is 5. The molecule has 8 nitrogen and oxygen atoms in total. The maximum Gasteiger partial charge on any atom is 0.321 e. The zero-order valence-electron chi connectivity index (χ0n) is 15.6. The average molecular weight is 373 g/mol. The van der Waals surface area contributed by atoms with E-state index in [1.54, 1.807) is 6.92 Å². The Balaban J connectivity index is 1.37. The second-order valence-electron chi connectivity index (χ2n) is 7.14. The van der Waals surface area contributed by atoms with Crippen LogP contribution in [0.15, 0.2) is 30.3 Å². The van der Waals surface area contributed by atoms with Crippen molar-refractivity contribution in [2.45, 2.75) is 31.8 Å². The van der Waals surface area contributed by atoms with Crippen LogP contribution in [0, 0.1) is 0 Å². The van der Waals surface area contributed by atoms with Crippen LogP contribution in [-0.4, -0.2) is 72.5 Å². The number of rotatable bonds is 6. The molecule has 1 saturated carbocycles. The second-order valence-corrected chi connectivity index (χ2v) is 7.14. The van der Waals surface area contributed by atoms with Gasteiger partial charge in [0.1, 0.15) is 0 Å². The number of carbonyl (C=O) groups excluding carboxylic acids is 3. The number of imide groups is 1. The van der Waals surface area contributed by atoms with Gasteiger partial charge in [-0.25, -0.2) is 4.79 Å². The molecule has 3 rings (SSSR count). The first kappa shape index (κ1) is 19.3. The number of anilines is 1. The van der Waals surface area contributed by atoms with Gasteiger partial charge in [0.15, 0.2) is 0 Å². The zero-order chi connectivity index (χ0) is 19.2. The van der Waals surface area contributed by atoms with Crippen molar-refractivity contribution in [1.29, 1.82) is 0 Å². The van der Waals surface area contributed by atoms with Crippen molar-refractivity contribution in [3.8, 4) is 0 Å². The lowest BCUT2D eigenvalue weighted by molar-refractivity contribution is -0.126. The van der Waals surface area contributed by atoms with E-state index in [2.05, 4.69) is 20.9 Å². The van der Waals surface area contributed by atoms with E-state index >= 15 is 0 Å². The van der Waals surface area contributed by atoms with Crippen LogP contribution in [0.3, 0.4) is 0 Å². The van der Waals surface area contributed by atoms with Crippen molar-refractivity contribution in [2.75, 3.05) is 38.0 Å². The van der Waals surface area contributed by atoms with Crippen LogP contribution in [0.2, 0.25) is 0 Å². The summed E-state index contributed by atoms with van der Waals surface area (Å²) in [5, 5.41) is 8.04. The summed E-state index contributed by atoms with van der Waals surface area (Å²) in [7, 11) is 0. The third-order valence-corrected chi connectivity index (χ3v) is 4.91. The highest BCUT2D eigenvalue weighted by Crippen LogP contribution is 2.18.